The number of anilines is 2. The molecule has 9 heteroatoms. The average Bonchev–Trinajstić information content (AvgIpc) is 3.26. The monoisotopic (exact) mass is 396 g/mol. The molecule has 1 atom stereocenters. The fourth-order valence-corrected chi connectivity index (χ4v) is 3.04. The van der Waals surface area contributed by atoms with Crippen molar-refractivity contribution < 1.29 is 33.4 Å². The molecule has 0 spiro atoms. The Hall–Kier alpha value is -3.88. The second kappa shape index (κ2) is 7.27. The smallest absolute Gasteiger partial charge is 0.326 e. The van der Waals surface area contributed by atoms with Gasteiger partial charge in [0.15, 0.2) is 17.6 Å². The third kappa shape index (κ3) is 3.49. The van der Waals surface area contributed by atoms with Crippen molar-refractivity contribution >= 4 is 34.9 Å². The van der Waals surface area contributed by atoms with Crippen molar-refractivity contribution in [2.45, 2.75) is 13.0 Å². The van der Waals surface area contributed by atoms with Crippen molar-refractivity contribution in [3.63, 3.8) is 0 Å². The molecule has 0 aliphatic carbocycles. The van der Waals surface area contributed by atoms with Crippen molar-refractivity contribution in [2.75, 3.05) is 23.6 Å². The molecule has 148 valence electrons. The van der Waals surface area contributed by atoms with E-state index in [9.17, 15) is 19.2 Å². The highest BCUT2D eigenvalue weighted by Crippen LogP contribution is 2.34. The largest absolute Gasteiger partial charge is 0.454 e. The molecule has 2 amide bonds. The number of esters is 1. The van der Waals surface area contributed by atoms with E-state index in [0.717, 1.165) is 4.90 Å². The summed E-state index contributed by atoms with van der Waals surface area (Å²) in [6, 6.07) is 11.3. The van der Waals surface area contributed by atoms with Crippen molar-refractivity contribution in [1.29, 1.82) is 0 Å². The van der Waals surface area contributed by atoms with Gasteiger partial charge in [0.2, 0.25) is 6.79 Å². The van der Waals surface area contributed by atoms with Crippen LogP contribution in [0.2, 0.25) is 0 Å². The number of fused-ring (bicyclic) bond motifs is 2. The van der Waals surface area contributed by atoms with Crippen molar-refractivity contribution in [3.8, 4) is 11.5 Å². The summed E-state index contributed by atoms with van der Waals surface area (Å²) in [5.74, 6) is -1.77. The van der Waals surface area contributed by atoms with E-state index in [4.69, 9.17) is 14.2 Å². The molecule has 9 nitrogen and oxygen atoms in total. The summed E-state index contributed by atoms with van der Waals surface area (Å²) in [5.41, 5.74) is 1.03. The zero-order valence-electron chi connectivity index (χ0n) is 15.3. The summed E-state index contributed by atoms with van der Waals surface area (Å²) in [7, 11) is 0. The number of hydrogen-bond acceptors (Lipinski definition) is 7. The van der Waals surface area contributed by atoms with Gasteiger partial charge in [-0.3, -0.25) is 24.1 Å². The van der Waals surface area contributed by atoms with Crippen LogP contribution >= 0.6 is 0 Å². The van der Waals surface area contributed by atoms with Gasteiger partial charge < -0.3 is 19.5 Å². The van der Waals surface area contributed by atoms with E-state index < -0.39 is 36.2 Å². The fourth-order valence-electron chi connectivity index (χ4n) is 3.04. The van der Waals surface area contributed by atoms with Gasteiger partial charge in [-0.1, -0.05) is 12.1 Å². The molecule has 2 aliphatic heterocycles. The molecule has 2 heterocycles. The van der Waals surface area contributed by atoms with Crippen LogP contribution < -0.4 is 19.7 Å². The highest BCUT2D eigenvalue weighted by Gasteiger charge is 2.37. The highest BCUT2D eigenvalue weighted by molar-refractivity contribution is 6.52. The van der Waals surface area contributed by atoms with Crippen LogP contribution in [0.4, 0.5) is 11.4 Å². The number of nitrogens with zero attached hydrogens (tertiary/aromatic N) is 1. The molecular formula is C20H16N2O7. The first-order valence-electron chi connectivity index (χ1n) is 8.79. The number of ether oxygens (including phenoxy) is 3. The molecule has 4 rings (SSSR count). The van der Waals surface area contributed by atoms with Gasteiger partial charge in [-0.05, 0) is 31.2 Å². The first kappa shape index (κ1) is 18.5. The minimum absolute atomic E-state index is 0.113. The SMILES string of the molecule is C[C@@H](OC(=O)CN1C(=O)C(=O)c2ccccc21)C(=O)Nc1ccc2c(c1)OCO2. The van der Waals surface area contributed by atoms with Crippen LogP contribution in [-0.4, -0.2) is 43.0 Å². The lowest BCUT2D eigenvalue weighted by Gasteiger charge is -2.18. The van der Waals surface area contributed by atoms with Gasteiger partial charge in [0, 0.05) is 11.8 Å². The predicted octanol–water partition coefficient (Wildman–Crippen LogP) is 1.51. The lowest BCUT2D eigenvalue weighted by molar-refractivity contribution is -0.152. The van der Waals surface area contributed by atoms with Crippen molar-refractivity contribution in [2.24, 2.45) is 0 Å². The van der Waals surface area contributed by atoms with Gasteiger partial charge in [-0.25, -0.2) is 0 Å². The van der Waals surface area contributed by atoms with Gasteiger partial charge in [0.1, 0.15) is 6.54 Å². The van der Waals surface area contributed by atoms with Gasteiger partial charge in [-0.15, -0.1) is 0 Å². The van der Waals surface area contributed by atoms with Crippen LogP contribution in [0.5, 0.6) is 11.5 Å². The molecule has 2 aliphatic rings. The molecule has 0 saturated heterocycles. The first-order valence-corrected chi connectivity index (χ1v) is 8.79. The van der Waals surface area contributed by atoms with Crippen LogP contribution in [0, 0.1) is 0 Å². The number of amides is 2. The van der Waals surface area contributed by atoms with E-state index in [2.05, 4.69) is 5.32 Å². The molecule has 0 fully saturated rings. The standard InChI is InChI=1S/C20H16N2O7/c1-11(19(25)21-12-6-7-15-16(8-12)28-10-27-15)29-17(23)9-22-14-5-3-2-4-13(14)18(24)20(22)26/h2-8,11H,9-10H2,1H3,(H,21,25)/t11-/m1/s1. The molecule has 0 saturated carbocycles. The molecule has 29 heavy (non-hydrogen) atoms. The predicted molar refractivity (Wildman–Crippen MR) is 99.9 cm³/mol. The Balaban J connectivity index is 1.36. The van der Waals surface area contributed by atoms with Gasteiger partial charge >= 0.3 is 5.97 Å². The van der Waals surface area contributed by atoms with Gasteiger partial charge in [0.05, 0.1) is 11.3 Å². The van der Waals surface area contributed by atoms with Crippen molar-refractivity contribution in [1.82, 2.24) is 0 Å². The topological polar surface area (TPSA) is 111 Å². The summed E-state index contributed by atoms with van der Waals surface area (Å²) >= 11 is 0. The molecule has 2 aromatic rings. The Bertz CT molecular complexity index is 1030. The van der Waals surface area contributed by atoms with Crippen LogP contribution in [-0.2, 0) is 19.1 Å². The summed E-state index contributed by atoms with van der Waals surface area (Å²) in [4.78, 5) is 49.7. The average molecular weight is 396 g/mol. The summed E-state index contributed by atoms with van der Waals surface area (Å²) in [5, 5.41) is 2.62. The zero-order valence-corrected chi connectivity index (χ0v) is 15.3. The lowest BCUT2D eigenvalue weighted by Crippen LogP contribution is -2.38. The van der Waals surface area contributed by atoms with E-state index in [0.29, 0.717) is 22.9 Å². The number of rotatable bonds is 5. The lowest BCUT2D eigenvalue weighted by atomic mass is 10.1. The molecule has 0 aromatic heterocycles. The quantitative estimate of drug-likeness (QED) is 0.602. The van der Waals surface area contributed by atoms with E-state index in [1.165, 1.54) is 13.0 Å². The minimum Gasteiger partial charge on any atom is -0.454 e. The number of hydrogen-bond donors (Lipinski definition) is 1. The number of Topliss-reactive ketones (excluding diaryl/α,β-unsaturated/α-hetero) is 1. The Morgan fingerprint density at radius 2 is 1.90 bits per heavy atom. The number of carbonyl (C=O) groups excluding carboxylic acids is 4. The summed E-state index contributed by atoms with van der Waals surface area (Å²) in [6.07, 6.45) is -1.11. The van der Waals surface area contributed by atoms with Crippen LogP contribution in [0.15, 0.2) is 42.5 Å². The number of benzene rings is 2. The fraction of sp³-hybridized carbons (Fsp3) is 0.200. The maximum Gasteiger partial charge on any atom is 0.326 e. The number of para-hydroxylation sites is 1. The Labute approximate surface area is 165 Å². The maximum atomic E-state index is 12.3. The molecule has 2 aromatic carbocycles. The molecular weight excluding hydrogens is 380 g/mol. The Morgan fingerprint density at radius 3 is 2.72 bits per heavy atom. The normalized spacial score (nSPS) is 15.1. The molecule has 1 N–H and O–H groups in total. The van der Waals surface area contributed by atoms with Crippen molar-refractivity contribution in [3.05, 3.63) is 48.0 Å². The summed E-state index contributed by atoms with van der Waals surface area (Å²) < 4.78 is 15.6. The van der Waals surface area contributed by atoms with Crippen LogP contribution in [0.1, 0.15) is 17.3 Å². The van der Waals surface area contributed by atoms with Crippen LogP contribution in [0.25, 0.3) is 0 Å². The van der Waals surface area contributed by atoms with E-state index in [1.54, 1.807) is 36.4 Å². The number of carbonyl (C=O) groups is 4. The molecule has 0 unspecified atom stereocenters. The minimum atomic E-state index is -1.11. The van der Waals surface area contributed by atoms with E-state index >= 15 is 0 Å². The summed E-state index contributed by atoms with van der Waals surface area (Å²) in [6.45, 7) is 1.05. The first-order chi connectivity index (χ1) is 13.9. The zero-order chi connectivity index (χ0) is 20.5. The van der Waals surface area contributed by atoms with Gasteiger partial charge in [-0.2, -0.15) is 0 Å². The number of nitrogens with one attached hydrogen (secondary N) is 1. The highest BCUT2D eigenvalue weighted by atomic mass is 16.7. The second-order valence-corrected chi connectivity index (χ2v) is 6.43. The Kier molecular flexibility index (Phi) is 4.63. The maximum absolute atomic E-state index is 12.3. The second-order valence-electron chi connectivity index (χ2n) is 6.43. The Morgan fingerprint density at radius 1 is 1.14 bits per heavy atom. The van der Waals surface area contributed by atoms with E-state index in [1.807, 2.05) is 0 Å². The molecule has 0 radical (unpaired) electrons. The third-order valence-corrected chi connectivity index (χ3v) is 4.48. The van der Waals surface area contributed by atoms with E-state index in [-0.39, 0.29) is 12.4 Å². The van der Waals surface area contributed by atoms with Gasteiger partial charge in [0.25, 0.3) is 17.6 Å². The van der Waals surface area contributed by atoms with Crippen LogP contribution in [0.3, 0.4) is 0 Å². The third-order valence-electron chi connectivity index (χ3n) is 4.48. The molecule has 0 bridgehead atoms. The number of ketones is 1.